The Hall–Kier alpha value is -2.91. The fraction of sp³-hybridized carbons (Fsp3) is 0.348. The van der Waals surface area contributed by atoms with Gasteiger partial charge < -0.3 is 5.32 Å². The third-order valence-corrected chi connectivity index (χ3v) is 7.73. The van der Waals surface area contributed by atoms with Crippen molar-refractivity contribution in [2.24, 2.45) is 11.8 Å². The summed E-state index contributed by atoms with van der Waals surface area (Å²) in [6, 6.07) is 9.23. The van der Waals surface area contributed by atoms with Crippen molar-refractivity contribution in [1.29, 1.82) is 0 Å². The smallest absolute Gasteiger partial charge is 0.324 e. The maximum atomic E-state index is 13.8. The number of para-hydroxylation sites is 1. The number of carbonyl (C=O) groups is 3. The standard InChI is InChI=1S/C23H17ClF3N3O3/c24-13-8-7-11(23(25,26)27)10-16(13)30-19(31)17-15-6-3-9-29(15)22(18(17)20(30)32)12-4-1-2-5-14(12)28-21(22)33/h1-2,4-5,7-8,10,15,17-18H,3,6,9H2,(H,28,33)/t15-,17+,18+,22+/m0/s1. The van der Waals surface area contributed by atoms with Gasteiger partial charge >= 0.3 is 6.18 Å². The van der Waals surface area contributed by atoms with E-state index in [4.69, 9.17) is 11.6 Å². The molecule has 1 N–H and O–H groups in total. The first-order valence-electron chi connectivity index (χ1n) is 10.6. The zero-order valence-electron chi connectivity index (χ0n) is 17.0. The van der Waals surface area contributed by atoms with E-state index in [9.17, 15) is 27.6 Å². The number of fused-ring (bicyclic) bond motifs is 7. The van der Waals surface area contributed by atoms with Gasteiger partial charge in [0.2, 0.25) is 17.7 Å². The molecular weight excluding hydrogens is 459 g/mol. The van der Waals surface area contributed by atoms with Gasteiger partial charge in [-0.05, 0) is 43.7 Å². The second-order valence-electron chi connectivity index (χ2n) is 8.85. The Morgan fingerprint density at radius 3 is 2.58 bits per heavy atom. The molecule has 0 bridgehead atoms. The van der Waals surface area contributed by atoms with E-state index in [-0.39, 0.29) is 22.7 Å². The molecule has 4 heterocycles. The Kier molecular flexibility index (Phi) is 4.12. The van der Waals surface area contributed by atoms with Gasteiger partial charge in [0.05, 0.1) is 28.1 Å². The van der Waals surface area contributed by atoms with E-state index in [0.717, 1.165) is 29.5 Å². The average Bonchev–Trinajstić information content (AvgIpc) is 3.46. The number of benzene rings is 2. The van der Waals surface area contributed by atoms with E-state index in [0.29, 0.717) is 24.2 Å². The van der Waals surface area contributed by atoms with Crippen molar-refractivity contribution in [1.82, 2.24) is 4.90 Å². The second-order valence-corrected chi connectivity index (χ2v) is 9.26. The number of carbonyl (C=O) groups excluding carboxylic acids is 3. The Morgan fingerprint density at radius 2 is 1.82 bits per heavy atom. The van der Waals surface area contributed by atoms with Crippen molar-refractivity contribution >= 4 is 40.7 Å². The highest BCUT2D eigenvalue weighted by atomic mass is 35.5. The first-order valence-corrected chi connectivity index (χ1v) is 11.0. The van der Waals surface area contributed by atoms with Crippen LogP contribution in [0.2, 0.25) is 5.02 Å². The molecule has 4 aliphatic heterocycles. The molecule has 0 radical (unpaired) electrons. The summed E-state index contributed by atoms with van der Waals surface area (Å²) in [6.07, 6.45) is -3.31. The molecule has 3 saturated heterocycles. The van der Waals surface area contributed by atoms with Gasteiger partial charge in [0.1, 0.15) is 5.54 Å². The van der Waals surface area contributed by atoms with Crippen LogP contribution in [0.4, 0.5) is 24.5 Å². The van der Waals surface area contributed by atoms with E-state index in [1.165, 1.54) is 0 Å². The van der Waals surface area contributed by atoms with Crippen LogP contribution in [-0.4, -0.2) is 35.2 Å². The molecule has 3 amide bonds. The molecule has 0 unspecified atom stereocenters. The lowest BCUT2D eigenvalue weighted by atomic mass is 9.75. The SMILES string of the molecule is O=C1[C@@H]2[C@@H]3CCCN3[C@@]3(C(=O)Nc4ccccc43)[C@H]2C(=O)N1c1cc(C(F)(F)F)ccc1Cl. The number of amides is 3. The summed E-state index contributed by atoms with van der Waals surface area (Å²) in [5.41, 5.74) is -1.50. The summed E-state index contributed by atoms with van der Waals surface area (Å²) in [6.45, 7) is 0.546. The predicted molar refractivity (Wildman–Crippen MR) is 112 cm³/mol. The van der Waals surface area contributed by atoms with Crippen molar-refractivity contribution in [2.75, 3.05) is 16.8 Å². The number of alkyl halides is 3. The molecule has 6 nitrogen and oxygen atoms in total. The largest absolute Gasteiger partial charge is 0.416 e. The Balaban J connectivity index is 1.54. The number of anilines is 2. The Labute approximate surface area is 191 Å². The summed E-state index contributed by atoms with van der Waals surface area (Å²) in [5, 5.41) is 2.71. The summed E-state index contributed by atoms with van der Waals surface area (Å²) >= 11 is 6.18. The predicted octanol–water partition coefficient (Wildman–Crippen LogP) is 3.79. The number of hydrogen-bond acceptors (Lipinski definition) is 4. The first kappa shape index (κ1) is 20.7. The molecular formula is C23H17ClF3N3O3. The number of rotatable bonds is 1. The van der Waals surface area contributed by atoms with Crippen molar-refractivity contribution in [2.45, 2.75) is 30.6 Å². The molecule has 2 aromatic rings. The van der Waals surface area contributed by atoms with Gasteiger partial charge in [0.15, 0.2) is 0 Å². The van der Waals surface area contributed by atoms with Gasteiger partial charge in [-0.2, -0.15) is 13.2 Å². The lowest BCUT2D eigenvalue weighted by Crippen LogP contribution is -2.54. The van der Waals surface area contributed by atoms with Crippen LogP contribution in [-0.2, 0) is 26.1 Å². The summed E-state index contributed by atoms with van der Waals surface area (Å²) < 4.78 is 40.1. The first-order chi connectivity index (χ1) is 15.7. The van der Waals surface area contributed by atoms with E-state index in [1.54, 1.807) is 24.3 Å². The van der Waals surface area contributed by atoms with Crippen molar-refractivity contribution in [3.05, 3.63) is 58.6 Å². The number of imide groups is 1. The molecule has 3 fully saturated rings. The van der Waals surface area contributed by atoms with Crippen LogP contribution in [0.15, 0.2) is 42.5 Å². The lowest BCUT2D eigenvalue weighted by molar-refractivity contribution is -0.137. The third-order valence-electron chi connectivity index (χ3n) is 7.41. The van der Waals surface area contributed by atoms with Gasteiger partial charge in [-0.15, -0.1) is 0 Å². The molecule has 33 heavy (non-hydrogen) atoms. The zero-order valence-corrected chi connectivity index (χ0v) is 17.8. The van der Waals surface area contributed by atoms with Crippen LogP contribution in [0.3, 0.4) is 0 Å². The second kappa shape index (κ2) is 6.57. The molecule has 170 valence electrons. The molecule has 0 aliphatic carbocycles. The summed E-state index contributed by atoms with van der Waals surface area (Å²) in [4.78, 5) is 43.6. The molecule has 4 atom stereocenters. The number of hydrogen-bond donors (Lipinski definition) is 1. The van der Waals surface area contributed by atoms with E-state index in [2.05, 4.69) is 5.32 Å². The minimum atomic E-state index is -4.67. The van der Waals surface area contributed by atoms with Crippen molar-refractivity contribution in [3.63, 3.8) is 0 Å². The van der Waals surface area contributed by atoms with Crippen molar-refractivity contribution in [3.8, 4) is 0 Å². The molecule has 2 aromatic carbocycles. The minimum Gasteiger partial charge on any atom is -0.324 e. The molecule has 1 spiro atoms. The summed E-state index contributed by atoms with van der Waals surface area (Å²) in [7, 11) is 0. The normalized spacial score (nSPS) is 30.7. The highest BCUT2D eigenvalue weighted by Gasteiger charge is 2.74. The van der Waals surface area contributed by atoms with E-state index in [1.807, 2.05) is 4.90 Å². The van der Waals surface area contributed by atoms with Crippen LogP contribution in [0.1, 0.15) is 24.0 Å². The lowest BCUT2D eigenvalue weighted by Gasteiger charge is -2.36. The quantitative estimate of drug-likeness (QED) is 0.637. The van der Waals surface area contributed by atoms with Crippen LogP contribution in [0.25, 0.3) is 0 Å². The fourth-order valence-corrected chi connectivity index (χ4v) is 6.46. The van der Waals surface area contributed by atoms with Gasteiger partial charge in [-0.1, -0.05) is 29.8 Å². The molecule has 0 aromatic heterocycles. The van der Waals surface area contributed by atoms with Crippen molar-refractivity contribution < 1.29 is 27.6 Å². The van der Waals surface area contributed by atoms with Gasteiger partial charge in [-0.25, -0.2) is 4.90 Å². The highest BCUT2D eigenvalue weighted by Crippen LogP contribution is 2.60. The summed E-state index contributed by atoms with van der Waals surface area (Å²) in [5.74, 6) is -3.60. The Bertz CT molecular complexity index is 1250. The van der Waals surface area contributed by atoms with Gasteiger partial charge in [0.25, 0.3) is 0 Å². The van der Waals surface area contributed by atoms with Crippen LogP contribution in [0.5, 0.6) is 0 Å². The van der Waals surface area contributed by atoms with Gasteiger partial charge in [-0.3, -0.25) is 19.3 Å². The maximum Gasteiger partial charge on any atom is 0.416 e. The average molecular weight is 476 g/mol. The maximum absolute atomic E-state index is 13.8. The molecule has 10 heteroatoms. The molecule has 0 saturated carbocycles. The molecule has 4 aliphatic rings. The van der Waals surface area contributed by atoms with E-state index < -0.39 is 40.9 Å². The highest BCUT2D eigenvalue weighted by molar-refractivity contribution is 6.36. The number of nitrogens with one attached hydrogen (secondary N) is 1. The topological polar surface area (TPSA) is 69.7 Å². The van der Waals surface area contributed by atoms with Crippen LogP contribution in [0, 0.1) is 11.8 Å². The third kappa shape index (κ3) is 2.46. The van der Waals surface area contributed by atoms with Crippen LogP contribution >= 0.6 is 11.6 Å². The number of nitrogens with zero attached hydrogens (tertiary/aromatic N) is 2. The zero-order chi connectivity index (χ0) is 23.3. The monoisotopic (exact) mass is 475 g/mol. The fourth-order valence-electron chi connectivity index (χ4n) is 6.26. The molecule has 6 rings (SSSR count). The van der Waals surface area contributed by atoms with Gasteiger partial charge in [0, 0.05) is 17.3 Å². The number of halogens is 4. The van der Waals surface area contributed by atoms with Crippen LogP contribution < -0.4 is 10.2 Å². The van der Waals surface area contributed by atoms with E-state index >= 15 is 0 Å². The Morgan fingerprint density at radius 1 is 1.06 bits per heavy atom. The minimum absolute atomic E-state index is 0.140.